The number of hydrogen-bond acceptors (Lipinski definition) is 1. The Kier molecular flexibility index (Phi) is 4.83. The third-order valence-corrected chi connectivity index (χ3v) is 4.50. The molecule has 2 heterocycles. The van der Waals surface area contributed by atoms with Crippen LogP contribution in [-0.4, -0.2) is 19.8 Å². The molecule has 2 aromatic carbocycles. The van der Waals surface area contributed by atoms with Crippen LogP contribution in [0.25, 0.3) is 28.1 Å². The minimum atomic E-state index is 0. The van der Waals surface area contributed by atoms with E-state index in [0.29, 0.717) is 5.88 Å². The number of hydrogen-bond donors (Lipinski definition) is 0. The van der Waals surface area contributed by atoms with Crippen molar-refractivity contribution >= 4 is 40.8 Å². The van der Waals surface area contributed by atoms with Crippen molar-refractivity contribution in [3.8, 4) is 11.3 Å². The molecule has 0 saturated heterocycles. The summed E-state index contributed by atoms with van der Waals surface area (Å²) in [5.74, 6) is 1.51. The third kappa shape index (κ3) is 2.68. The number of aryl methyl sites for hydroxylation is 2. The van der Waals surface area contributed by atoms with Gasteiger partial charge in [-0.05, 0) is 29.7 Å². The normalized spacial score (nSPS) is 11.1. The summed E-state index contributed by atoms with van der Waals surface area (Å²) in [5, 5.41) is 0. The standard InChI is InChI=1S/C19H18ClN3.ClH/c1-2-14-7-9-15(10-8-14)18-13-23-17-6-4-3-5-16(17)21-19(23)22(18)12-11-20;/h3-10,13H,2,11-12H2,1H3;1H. The van der Waals surface area contributed by atoms with Crippen LogP contribution in [0.2, 0.25) is 0 Å². The number of para-hydroxylation sites is 2. The molecule has 0 N–H and O–H groups in total. The van der Waals surface area contributed by atoms with E-state index in [0.717, 1.165) is 35.5 Å². The maximum Gasteiger partial charge on any atom is 0.215 e. The molecule has 4 rings (SSSR count). The summed E-state index contributed by atoms with van der Waals surface area (Å²) in [7, 11) is 0. The van der Waals surface area contributed by atoms with Gasteiger partial charge in [-0.15, -0.1) is 24.0 Å². The fourth-order valence-electron chi connectivity index (χ4n) is 3.10. The lowest BCUT2D eigenvalue weighted by Gasteiger charge is -2.07. The molecule has 0 saturated carbocycles. The summed E-state index contributed by atoms with van der Waals surface area (Å²) in [6.07, 6.45) is 3.22. The van der Waals surface area contributed by atoms with Gasteiger partial charge in [0.1, 0.15) is 0 Å². The predicted octanol–water partition coefficient (Wildman–Crippen LogP) is 5.18. The number of alkyl halides is 1. The number of imidazole rings is 2. The Balaban J connectivity index is 0.00000169. The van der Waals surface area contributed by atoms with E-state index in [-0.39, 0.29) is 12.4 Å². The van der Waals surface area contributed by atoms with Gasteiger partial charge in [0, 0.05) is 18.6 Å². The molecule has 0 bridgehead atoms. The molecule has 0 atom stereocenters. The predicted molar refractivity (Wildman–Crippen MR) is 103 cm³/mol. The largest absolute Gasteiger partial charge is 0.308 e. The molecule has 0 unspecified atom stereocenters. The van der Waals surface area contributed by atoms with Crippen molar-refractivity contribution in [1.29, 1.82) is 0 Å². The molecule has 3 nitrogen and oxygen atoms in total. The molecule has 0 amide bonds. The first-order chi connectivity index (χ1) is 11.3. The number of fused-ring (bicyclic) bond motifs is 3. The molecule has 124 valence electrons. The Morgan fingerprint density at radius 3 is 2.50 bits per heavy atom. The Morgan fingerprint density at radius 1 is 1.04 bits per heavy atom. The van der Waals surface area contributed by atoms with Crippen LogP contribution in [0, 0.1) is 0 Å². The van der Waals surface area contributed by atoms with Crippen molar-refractivity contribution in [2.24, 2.45) is 0 Å². The van der Waals surface area contributed by atoms with Crippen LogP contribution in [0.3, 0.4) is 0 Å². The van der Waals surface area contributed by atoms with Crippen molar-refractivity contribution in [3.05, 3.63) is 60.3 Å². The summed E-state index contributed by atoms with van der Waals surface area (Å²) in [5.41, 5.74) is 5.84. The van der Waals surface area contributed by atoms with Crippen LogP contribution in [0.5, 0.6) is 0 Å². The second kappa shape index (κ2) is 6.88. The minimum Gasteiger partial charge on any atom is -0.308 e. The number of aromatic nitrogens is 3. The summed E-state index contributed by atoms with van der Waals surface area (Å²) in [6, 6.07) is 17.0. The highest BCUT2D eigenvalue weighted by molar-refractivity contribution is 6.17. The van der Waals surface area contributed by atoms with Gasteiger partial charge in [-0.1, -0.05) is 43.3 Å². The molecule has 4 aromatic rings. The zero-order valence-corrected chi connectivity index (χ0v) is 15.0. The zero-order valence-electron chi connectivity index (χ0n) is 13.4. The monoisotopic (exact) mass is 359 g/mol. The molecule has 0 fully saturated rings. The quantitative estimate of drug-likeness (QED) is 0.460. The number of halogens is 2. The maximum atomic E-state index is 6.04. The Morgan fingerprint density at radius 2 is 1.79 bits per heavy atom. The fraction of sp³-hybridized carbons (Fsp3) is 0.211. The van der Waals surface area contributed by atoms with Crippen molar-refractivity contribution in [2.75, 3.05) is 5.88 Å². The van der Waals surface area contributed by atoms with Crippen LogP contribution < -0.4 is 0 Å². The summed E-state index contributed by atoms with van der Waals surface area (Å²) in [6.45, 7) is 2.91. The van der Waals surface area contributed by atoms with Gasteiger partial charge in [-0.2, -0.15) is 0 Å². The first-order valence-electron chi connectivity index (χ1n) is 7.93. The van der Waals surface area contributed by atoms with Gasteiger partial charge >= 0.3 is 0 Å². The number of nitrogens with zero attached hydrogens (tertiary/aromatic N) is 3. The maximum absolute atomic E-state index is 6.04. The highest BCUT2D eigenvalue weighted by atomic mass is 35.5. The van der Waals surface area contributed by atoms with Crippen LogP contribution >= 0.6 is 24.0 Å². The van der Waals surface area contributed by atoms with E-state index in [9.17, 15) is 0 Å². The average molecular weight is 360 g/mol. The lowest BCUT2D eigenvalue weighted by atomic mass is 10.1. The van der Waals surface area contributed by atoms with Gasteiger partial charge in [-0.3, -0.25) is 4.40 Å². The average Bonchev–Trinajstić information content (AvgIpc) is 3.12. The molecule has 5 heteroatoms. The lowest BCUT2D eigenvalue weighted by Crippen LogP contribution is -2.02. The van der Waals surface area contributed by atoms with E-state index >= 15 is 0 Å². The summed E-state index contributed by atoms with van der Waals surface area (Å²) < 4.78 is 4.36. The molecule has 0 aliphatic heterocycles. The summed E-state index contributed by atoms with van der Waals surface area (Å²) >= 11 is 6.04. The SMILES string of the molecule is CCc1ccc(-c2cn3c4ccccc4nc3n2CCCl)cc1.Cl. The van der Waals surface area contributed by atoms with E-state index in [2.05, 4.69) is 52.4 Å². The first-order valence-corrected chi connectivity index (χ1v) is 8.47. The Hall–Kier alpha value is -1.97. The van der Waals surface area contributed by atoms with Crippen LogP contribution in [0.15, 0.2) is 54.7 Å². The minimum absolute atomic E-state index is 0. The highest BCUT2D eigenvalue weighted by Crippen LogP contribution is 2.27. The Bertz CT molecular complexity index is 968. The van der Waals surface area contributed by atoms with E-state index in [1.54, 1.807) is 0 Å². The van der Waals surface area contributed by atoms with Crippen molar-refractivity contribution in [1.82, 2.24) is 14.0 Å². The Labute approximate surface area is 152 Å². The lowest BCUT2D eigenvalue weighted by molar-refractivity contribution is 0.796. The molecule has 0 aliphatic rings. The fourth-order valence-corrected chi connectivity index (χ4v) is 3.26. The van der Waals surface area contributed by atoms with Crippen LogP contribution in [0.1, 0.15) is 12.5 Å². The molecule has 24 heavy (non-hydrogen) atoms. The number of rotatable bonds is 4. The molecule has 0 aliphatic carbocycles. The van der Waals surface area contributed by atoms with Gasteiger partial charge < -0.3 is 4.57 Å². The van der Waals surface area contributed by atoms with Gasteiger partial charge in [0.05, 0.1) is 16.7 Å². The van der Waals surface area contributed by atoms with Crippen LogP contribution in [0.4, 0.5) is 0 Å². The summed E-state index contributed by atoms with van der Waals surface area (Å²) in [4.78, 5) is 4.78. The first kappa shape index (κ1) is 16.9. The van der Waals surface area contributed by atoms with E-state index in [4.69, 9.17) is 16.6 Å². The second-order valence-electron chi connectivity index (χ2n) is 5.68. The molecular formula is C19H19Cl2N3. The van der Waals surface area contributed by atoms with Gasteiger partial charge in [0.25, 0.3) is 0 Å². The molecule has 2 aromatic heterocycles. The third-order valence-electron chi connectivity index (χ3n) is 4.33. The van der Waals surface area contributed by atoms with Crippen molar-refractivity contribution in [3.63, 3.8) is 0 Å². The van der Waals surface area contributed by atoms with Crippen molar-refractivity contribution < 1.29 is 0 Å². The van der Waals surface area contributed by atoms with Gasteiger partial charge in [0.15, 0.2) is 0 Å². The molecular weight excluding hydrogens is 341 g/mol. The topological polar surface area (TPSA) is 22.2 Å². The van der Waals surface area contributed by atoms with E-state index in [1.807, 2.05) is 18.2 Å². The molecule has 0 spiro atoms. The number of benzene rings is 2. The van der Waals surface area contributed by atoms with E-state index < -0.39 is 0 Å². The van der Waals surface area contributed by atoms with Gasteiger partial charge in [-0.25, -0.2) is 4.98 Å². The van der Waals surface area contributed by atoms with Crippen LogP contribution in [-0.2, 0) is 13.0 Å². The molecule has 0 radical (unpaired) electrons. The second-order valence-corrected chi connectivity index (χ2v) is 6.05. The smallest absolute Gasteiger partial charge is 0.215 e. The van der Waals surface area contributed by atoms with Gasteiger partial charge in [0.2, 0.25) is 5.78 Å². The zero-order chi connectivity index (χ0) is 15.8. The highest BCUT2D eigenvalue weighted by Gasteiger charge is 2.14. The van der Waals surface area contributed by atoms with E-state index in [1.165, 1.54) is 11.1 Å². The van der Waals surface area contributed by atoms with Crippen molar-refractivity contribution in [2.45, 2.75) is 19.9 Å².